The maximum Gasteiger partial charge on any atom is 0.254 e. The molecule has 0 aliphatic carbocycles. The van der Waals surface area contributed by atoms with Gasteiger partial charge in [-0.1, -0.05) is 65.8 Å². The molecule has 2 nitrogen and oxygen atoms in total. The first-order valence-electron chi connectivity index (χ1n) is 9.05. The molecule has 126 valence electrons. The Morgan fingerprint density at radius 2 is 1.33 bits per heavy atom. The first-order valence-corrected chi connectivity index (χ1v) is 9.05. The predicted octanol–water partition coefficient (Wildman–Crippen LogP) is 5.59. The van der Waals surface area contributed by atoms with Gasteiger partial charge in [-0.25, -0.2) is 4.57 Å². The molecule has 1 aromatic carbocycles. The van der Waals surface area contributed by atoms with Gasteiger partial charge in [-0.15, -0.1) is 0 Å². The molecule has 2 heteroatoms. The molecule has 0 aliphatic heterocycles. The van der Waals surface area contributed by atoms with E-state index in [2.05, 4.69) is 99.4 Å². The van der Waals surface area contributed by atoms with Gasteiger partial charge in [0, 0.05) is 17.0 Å². The number of hydrogen-bond acceptors (Lipinski definition) is 0. The quantitative estimate of drug-likeness (QED) is 0.554. The Morgan fingerprint density at radius 1 is 0.750 bits per heavy atom. The summed E-state index contributed by atoms with van der Waals surface area (Å²) in [4.78, 5) is 0. The zero-order valence-electron chi connectivity index (χ0n) is 15.7. The SMILES string of the molecule is CC(C)c1cccc(C(C)C)c1-[n+]1cc2cccc(C(C)C)n2c1. The minimum absolute atomic E-state index is 0.499. The lowest BCUT2D eigenvalue weighted by Crippen LogP contribution is -2.31. The summed E-state index contributed by atoms with van der Waals surface area (Å²) >= 11 is 0. The van der Waals surface area contributed by atoms with Gasteiger partial charge in [0.25, 0.3) is 6.33 Å². The Bertz CT molecular complexity index is 827. The highest BCUT2D eigenvalue weighted by molar-refractivity contribution is 5.48. The molecule has 0 bridgehead atoms. The van der Waals surface area contributed by atoms with E-state index >= 15 is 0 Å². The highest BCUT2D eigenvalue weighted by Gasteiger charge is 2.21. The number of pyridine rings is 1. The molecule has 2 aromatic heterocycles. The number of para-hydroxylation sites is 1. The maximum atomic E-state index is 2.33. The molecule has 0 saturated heterocycles. The van der Waals surface area contributed by atoms with E-state index in [0.29, 0.717) is 17.8 Å². The van der Waals surface area contributed by atoms with E-state index in [1.54, 1.807) is 0 Å². The van der Waals surface area contributed by atoms with Crippen LogP contribution in [0.15, 0.2) is 48.9 Å². The minimum Gasteiger partial charge on any atom is -0.201 e. The van der Waals surface area contributed by atoms with Crippen molar-refractivity contribution in [2.24, 2.45) is 0 Å². The summed E-state index contributed by atoms with van der Waals surface area (Å²) in [5, 5.41) is 0. The third-order valence-corrected chi connectivity index (χ3v) is 4.79. The molecular formula is C22H29N2+. The van der Waals surface area contributed by atoms with Crippen molar-refractivity contribution in [1.29, 1.82) is 0 Å². The first-order chi connectivity index (χ1) is 11.4. The summed E-state index contributed by atoms with van der Waals surface area (Å²) in [6.45, 7) is 13.6. The first kappa shape index (κ1) is 16.8. The van der Waals surface area contributed by atoms with E-state index in [1.807, 2.05) is 0 Å². The monoisotopic (exact) mass is 321 g/mol. The number of nitrogens with zero attached hydrogens (tertiary/aromatic N) is 2. The summed E-state index contributed by atoms with van der Waals surface area (Å²) < 4.78 is 4.65. The number of hydrogen-bond donors (Lipinski definition) is 0. The highest BCUT2D eigenvalue weighted by Crippen LogP contribution is 2.28. The Hall–Kier alpha value is -2.09. The molecule has 3 rings (SSSR count). The lowest BCUT2D eigenvalue weighted by atomic mass is 9.92. The van der Waals surface area contributed by atoms with E-state index in [0.717, 1.165) is 0 Å². The van der Waals surface area contributed by atoms with Crippen LogP contribution < -0.4 is 4.57 Å². The number of imidazole rings is 1. The molecule has 0 aliphatic rings. The van der Waals surface area contributed by atoms with Crippen LogP contribution in [0.25, 0.3) is 11.2 Å². The molecule has 3 aromatic rings. The van der Waals surface area contributed by atoms with Crippen LogP contribution in [0, 0.1) is 0 Å². The van der Waals surface area contributed by atoms with Crippen LogP contribution in [-0.2, 0) is 0 Å². The van der Waals surface area contributed by atoms with Gasteiger partial charge in [-0.05, 0) is 24.0 Å². The van der Waals surface area contributed by atoms with Crippen molar-refractivity contribution in [3.8, 4) is 5.69 Å². The average Bonchev–Trinajstić information content (AvgIpc) is 2.97. The normalized spacial score (nSPS) is 12.0. The number of fused-ring (bicyclic) bond motifs is 1. The molecule has 0 saturated carbocycles. The second-order valence-corrected chi connectivity index (χ2v) is 7.65. The highest BCUT2D eigenvalue weighted by atomic mass is 15.1. The van der Waals surface area contributed by atoms with Crippen LogP contribution in [0.5, 0.6) is 0 Å². The molecule has 0 spiro atoms. The summed E-state index contributed by atoms with van der Waals surface area (Å²) in [5.41, 5.74) is 6.76. The van der Waals surface area contributed by atoms with E-state index in [-0.39, 0.29) is 0 Å². The summed E-state index contributed by atoms with van der Waals surface area (Å²) in [6, 6.07) is 13.3. The van der Waals surface area contributed by atoms with Gasteiger partial charge in [0.2, 0.25) is 0 Å². The number of rotatable bonds is 4. The molecule has 0 amide bonds. The van der Waals surface area contributed by atoms with Gasteiger partial charge in [0.1, 0.15) is 17.6 Å². The van der Waals surface area contributed by atoms with Crippen molar-refractivity contribution >= 4 is 5.52 Å². The number of benzene rings is 1. The van der Waals surface area contributed by atoms with Gasteiger partial charge in [-0.2, -0.15) is 4.40 Å². The topological polar surface area (TPSA) is 8.29 Å². The summed E-state index contributed by atoms with van der Waals surface area (Å²) in [5.74, 6) is 1.50. The fraction of sp³-hybridized carbons (Fsp3) is 0.409. The predicted molar refractivity (Wildman–Crippen MR) is 101 cm³/mol. The molecule has 0 N–H and O–H groups in total. The van der Waals surface area contributed by atoms with Crippen molar-refractivity contribution in [1.82, 2.24) is 4.40 Å². The van der Waals surface area contributed by atoms with Crippen LogP contribution in [-0.4, -0.2) is 4.40 Å². The standard InChI is InChI=1S/C22H29N2/c1-15(2)19-10-8-11-20(16(3)4)22(19)23-13-18-9-7-12-21(17(5)6)24(18)14-23/h7-17H,1-6H3/q+1. The zero-order valence-corrected chi connectivity index (χ0v) is 15.7. The fourth-order valence-corrected chi connectivity index (χ4v) is 3.50. The molecule has 24 heavy (non-hydrogen) atoms. The minimum atomic E-state index is 0.499. The molecule has 0 radical (unpaired) electrons. The molecule has 2 heterocycles. The van der Waals surface area contributed by atoms with Crippen molar-refractivity contribution < 1.29 is 4.57 Å². The molecule has 0 unspecified atom stereocenters. The van der Waals surface area contributed by atoms with Crippen molar-refractivity contribution in [2.75, 3.05) is 0 Å². The van der Waals surface area contributed by atoms with Crippen LogP contribution in [0.3, 0.4) is 0 Å². The van der Waals surface area contributed by atoms with Gasteiger partial charge in [0.15, 0.2) is 5.52 Å². The van der Waals surface area contributed by atoms with Crippen molar-refractivity contribution in [3.63, 3.8) is 0 Å². The lowest BCUT2D eigenvalue weighted by molar-refractivity contribution is -0.595. The second-order valence-electron chi connectivity index (χ2n) is 7.65. The van der Waals surface area contributed by atoms with Crippen molar-refractivity contribution in [2.45, 2.75) is 59.3 Å². The van der Waals surface area contributed by atoms with Gasteiger partial charge in [-0.3, -0.25) is 0 Å². The van der Waals surface area contributed by atoms with Gasteiger partial charge < -0.3 is 0 Å². The third kappa shape index (κ3) is 2.86. The van der Waals surface area contributed by atoms with Gasteiger partial charge in [0.05, 0.1) is 0 Å². The third-order valence-electron chi connectivity index (χ3n) is 4.79. The van der Waals surface area contributed by atoms with Crippen LogP contribution in [0.1, 0.15) is 76.1 Å². The van der Waals surface area contributed by atoms with E-state index in [1.165, 1.54) is 28.0 Å². The van der Waals surface area contributed by atoms with E-state index in [4.69, 9.17) is 0 Å². The van der Waals surface area contributed by atoms with Gasteiger partial charge >= 0.3 is 0 Å². The number of aromatic nitrogens is 2. The Kier molecular flexibility index (Phi) is 4.49. The summed E-state index contributed by atoms with van der Waals surface area (Å²) in [6.07, 6.45) is 4.51. The van der Waals surface area contributed by atoms with Crippen LogP contribution in [0.2, 0.25) is 0 Å². The van der Waals surface area contributed by atoms with Crippen LogP contribution in [0.4, 0.5) is 0 Å². The maximum absolute atomic E-state index is 2.33. The average molecular weight is 321 g/mol. The summed E-state index contributed by atoms with van der Waals surface area (Å²) in [7, 11) is 0. The fourth-order valence-electron chi connectivity index (χ4n) is 3.50. The molecule has 0 atom stereocenters. The van der Waals surface area contributed by atoms with E-state index < -0.39 is 0 Å². The lowest BCUT2D eigenvalue weighted by Gasteiger charge is -2.16. The second kappa shape index (κ2) is 6.43. The molecule has 0 fully saturated rings. The molecular weight excluding hydrogens is 292 g/mol. The Morgan fingerprint density at radius 3 is 1.88 bits per heavy atom. The largest absolute Gasteiger partial charge is 0.254 e. The zero-order chi connectivity index (χ0) is 17.4. The van der Waals surface area contributed by atoms with Crippen LogP contribution >= 0.6 is 0 Å². The smallest absolute Gasteiger partial charge is 0.201 e. The Balaban J connectivity index is 2.30. The van der Waals surface area contributed by atoms with E-state index in [9.17, 15) is 0 Å². The van der Waals surface area contributed by atoms with Crippen molar-refractivity contribution in [3.05, 3.63) is 65.7 Å². The Labute approximate surface area is 145 Å².